The van der Waals surface area contributed by atoms with Crippen molar-refractivity contribution in [1.82, 2.24) is 4.90 Å². The first-order valence-corrected chi connectivity index (χ1v) is 7.32. The zero-order chi connectivity index (χ0) is 13.3. The van der Waals surface area contributed by atoms with Crippen molar-refractivity contribution in [3.63, 3.8) is 0 Å². The van der Waals surface area contributed by atoms with Crippen molar-refractivity contribution in [2.24, 2.45) is 5.73 Å². The molecule has 1 unspecified atom stereocenters. The van der Waals surface area contributed by atoms with Gasteiger partial charge in [-0.15, -0.1) is 0 Å². The third-order valence-electron chi connectivity index (χ3n) is 4.67. The molecule has 0 spiro atoms. The zero-order valence-electron chi connectivity index (χ0n) is 11.3. The predicted molar refractivity (Wildman–Crippen MR) is 75.8 cm³/mol. The lowest BCUT2D eigenvalue weighted by atomic mass is 9.97. The van der Waals surface area contributed by atoms with Crippen LogP contribution in [0.3, 0.4) is 0 Å². The number of nitrogens with zero attached hydrogens (tertiary/aromatic N) is 1. The van der Waals surface area contributed by atoms with Gasteiger partial charge >= 0.3 is 0 Å². The number of hydrogen-bond donors (Lipinski definition) is 1. The molecule has 1 amide bonds. The van der Waals surface area contributed by atoms with E-state index in [1.165, 1.54) is 5.56 Å². The highest BCUT2D eigenvalue weighted by atomic mass is 16.2. The van der Waals surface area contributed by atoms with Crippen LogP contribution in [0.25, 0.3) is 0 Å². The monoisotopic (exact) mass is 258 g/mol. The maximum Gasteiger partial charge on any atom is 0.242 e. The van der Waals surface area contributed by atoms with Crippen LogP contribution in [0.1, 0.15) is 43.6 Å². The van der Waals surface area contributed by atoms with Gasteiger partial charge in [0.05, 0.1) is 5.54 Å². The minimum atomic E-state index is -0.564. The van der Waals surface area contributed by atoms with Crippen molar-refractivity contribution >= 4 is 5.91 Å². The van der Waals surface area contributed by atoms with E-state index in [9.17, 15) is 4.79 Å². The van der Waals surface area contributed by atoms with Crippen LogP contribution in [0.2, 0.25) is 0 Å². The van der Waals surface area contributed by atoms with Crippen molar-refractivity contribution in [2.75, 3.05) is 13.1 Å². The molecule has 0 aromatic heterocycles. The lowest BCUT2D eigenvalue weighted by Crippen LogP contribution is -2.52. The van der Waals surface area contributed by atoms with Crippen molar-refractivity contribution in [2.45, 2.75) is 43.6 Å². The lowest BCUT2D eigenvalue weighted by molar-refractivity contribution is -0.135. The third kappa shape index (κ3) is 2.39. The minimum Gasteiger partial charge on any atom is -0.340 e. The summed E-state index contributed by atoms with van der Waals surface area (Å²) in [7, 11) is 0. The van der Waals surface area contributed by atoms with Crippen molar-refractivity contribution in [3.05, 3.63) is 35.9 Å². The highest BCUT2D eigenvalue weighted by Gasteiger charge is 2.41. The molecule has 3 rings (SSSR count). The fourth-order valence-electron chi connectivity index (χ4n) is 3.48. The van der Waals surface area contributed by atoms with E-state index in [-0.39, 0.29) is 5.91 Å². The van der Waals surface area contributed by atoms with Gasteiger partial charge in [-0.25, -0.2) is 0 Å². The Morgan fingerprint density at radius 2 is 1.89 bits per heavy atom. The van der Waals surface area contributed by atoms with Gasteiger partial charge in [-0.1, -0.05) is 43.2 Å². The first-order valence-electron chi connectivity index (χ1n) is 7.32. The van der Waals surface area contributed by atoms with Crippen LogP contribution in [-0.2, 0) is 4.79 Å². The van der Waals surface area contributed by atoms with Gasteiger partial charge in [-0.05, 0) is 24.8 Å². The Hall–Kier alpha value is -1.35. The molecule has 0 bridgehead atoms. The van der Waals surface area contributed by atoms with Crippen LogP contribution in [0, 0.1) is 0 Å². The second-order valence-electron chi connectivity index (χ2n) is 6.01. The molecule has 1 saturated heterocycles. The Morgan fingerprint density at radius 3 is 2.58 bits per heavy atom. The van der Waals surface area contributed by atoms with Crippen molar-refractivity contribution < 1.29 is 4.79 Å². The van der Waals surface area contributed by atoms with Crippen LogP contribution in [0.15, 0.2) is 30.3 Å². The van der Waals surface area contributed by atoms with Gasteiger partial charge in [0.1, 0.15) is 0 Å². The molecule has 3 nitrogen and oxygen atoms in total. The SMILES string of the molecule is NC1(C(=O)N2CCC(c3ccccc3)C2)CCCC1. The topological polar surface area (TPSA) is 46.3 Å². The maximum absolute atomic E-state index is 12.5. The highest BCUT2D eigenvalue weighted by Crippen LogP contribution is 2.33. The Morgan fingerprint density at radius 1 is 1.21 bits per heavy atom. The molecule has 1 aromatic rings. The van der Waals surface area contributed by atoms with Gasteiger partial charge in [0, 0.05) is 19.0 Å². The lowest BCUT2D eigenvalue weighted by Gasteiger charge is -2.28. The summed E-state index contributed by atoms with van der Waals surface area (Å²) >= 11 is 0. The summed E-state index contributed by atoms with van der Waals surface area (Å²) in [5, 5.41) is 0. The summed E-state index contributed by atoms with van der Waals surface area (Å²) in [5.41, 5.74) is 7.05. The van der Waals surface area contributed by atoms with E-state index in [4.69, 9.17) is 5.73 Å². The molecule has 1 atom stereocenters. The first-order chi connectivity index (χ1) is 9.19. The summed E-state index contributed by atoms with van der Waals surface area (Å²) in [6.07, 6.45) is 4.97. The number of hydrogen-bond acceptors (Lipinski definition) is 2. The average molecular weight is 258 g/mol. The Bertz CT molecular complexity index is 451. The van der Waals surface area contributed by atoms with Gasteiger partial charge in [0.2, 0.25) is 5.91 Å². The van der Waals surface area contributed by atoms with E-state index >= 15 is 0 Å². The molecule has 2 fully saturated rings. The quantitative estimate of drug-likeness (QED) is 0.884. The second kappa shape index (κ2) is 4.97. The highest BCUT2D eigenvalue weighted by molar-refractivity contribution is 5.86. The van der Waals surface area contributed by atoms with E-state index in [1.807, 2.05) is 11.0 Å². The molecular formula is C16H22N2O. The largest absolute Gasteiger partial charge is 0.340 e. The number of amides is 1. The van der Waals surface area contributed by atoms with Gasteiger partial charge in [0.25, 0.3) is 0 Å². The van der Waals surface area contributed by atoms with E-state index in [0.717, 1.165) is 45.2 Å². The maximum atomic E-state index is 12.5. The number of rotatable bonds is 2. The van der Waals surface area contributed by atoms with Gasteiger partial charge in [-0.3, -0.25) is 4.79 Å². The van der Waals surface area contributed by atoms with Crippen LogP contribution < -0.4 is 5.73 Å². The van der Waals surface area contributed by atoms with Crippen LogP contribution in [0.4, 0.5) is 0 Å². The molecule has 1 heterocycles. The number of nitrogens with two attached hydrogens (primary N) is 1. The molecule has 1 aliphatic heterocycles. The first kappa shape index (κ1) is 12.7. The van der Waals surface area contributed by atoms with Gasteiger partial charge in [0.15, 0.2) is 0 Å². The number of benzene rings is 1. The summed E-state index contributed by atoms with van der Waals surface area (Å²) in [6, 6.07) is 10.5. The van der Waals surface area contributed by atoms with Gasteiger partial charge < -0.3 is 10.6 Å². The zero-order valence-corrected chi connectivity index (χ0v) is 11.3. The fraction of sp³-hybridized carbons (Fsp3) is 0.562. The third-order valence-corrected chi connectivity index (χ3v) is 4.67. The van der Waals surface area contributed by atoms with Crippen LogP contribution in [-0.4, -0.2) is 29.4 Å². The number of carbonyl (C=O) groups is 1. The number of likely N-dealkylation sites (tertiary alicyclic amines) is 1. The second-order valence-corrected chi connectivity index (χ2v) is 6.01. The molecule has 0 radical (unpaired) electrons. The normalized spacial score (nSPS) is 25.7. The summed E-state index contributed by atoms with van der Waals surface area (Å²) in [6.45, 7) is 1.69. The average Bonchev–Trinajstić information content (AvgIpc) is 3.09. The Balaban J connectivity index is 1.67. The molecule has 3 heteroatoms. The van der Waals surface area contributed by atoms with Crippen molar-refractivity contribution in [3.8, 4) is 0 Å². The smallest absolute Gasteiger partial charge is 0.242 e. The standard InChI is InChI=1S/C16H22N2O/c17-16(9-4-5-10-16)15(19)18-11-8-14(12-18)13-6-2-1-3-7-13/h1-3,6-7,14H,4-5,8-12,17H2. The Kier molecular flexibility index (Phi) is 3.31. The van der Waals surface area contributed by atoms with Crippen molar-refractivity contribution in [1.29, 1.82) is 0 Å². The molecule has 2 N–H and O–H groups in total. The molecule has 19 heavy (non-hydrogen) atoms. The molecule has 1 aliphatic carbocycles. The van der Waals surface area contributed by atoms with E-state index in [0.29, 0.717) is 5.92 Å². The van der Waals surface area contributed by atoms with E-state index in [2.05, 4.69) is 24.3 Å². The minimum absolute atomic E-state index is 0.184. The Labute approximate surface area is 114 Å². The molecule has 1 aromatic carbocycles. The van der Waals surface area contributed by atoms with E-state index in [1.54, 1.807) is 0 Å². The van der Waals surface area contributed by atoms with E-state index < -0.39 is 5.54 Å². The molecule has 102 valence electrons. The predicted octanol–water partition coefficient (Wildman–Crippen LogP) is 2.27. The summed E-state index contributed by atoms with van der Waals surface area (Å²) in [5.74, 6) is 0.665. The molecule has 1 saturated carbocycles. The van der Waals surface area contributed by atoms with Crippen LogP contribution >= 0.6 is 0 Å². The van der Waals surface area contributed by atoms with Crippen LogP contribution in [0.5, 0.6) is 0 Å². The summed E-state index contributed by atoms with van der Waals surface area (Å²) < 4.78 is 0. The summed E-state index contributed by atoms with van der Waals surface area (Å²) in [4.78, 5) is 14.5. The molecular weight excluding hydrogens is 236 g/mol. The van der Waals surface area contributed by atoms with Gasteiger partial charge in [-0.2, -0.15) is 0 Å². The number of carbonyl (C=O) groups excluding carboxylic acids is 1. The molecule has 2 aliphatic rings. The fourth-order valence-corrected chi connectivity index (χ4v) is 3.48.